The number of rotatable bonds is 2. The van der Waals surface area contributed by atoms with Crippen molar-refractivity contribution in [2.75, 3.05) is 7.11 Å². The molecule has 0 bridgehead atoms. The molecule has 1 aromatic carbocycles. The predicted octanol–water partition coefficient (Wildman–Crippen LogP) is 4.04. The first kappa shape index (κ1) is 13.7. The van der Waals surface area contributed by atoms with Crippen LogP contribution in [0.3, 0.4) is 0 Å². The van der Waals surface area contributed by atoms with E-state index in [0.29, 0.717) is 5.76 Å². The smallest absolute Gasteiger partial charge is 0.316 e. The molecule has 19 heavy (non-hydrogen) atoms. The molecule has 3 nitrogen and oxygen atoms in total. The van der Waals surface area contributed by atoms with Gasteiger partial charge in [-0.15, -0.1) is 0 Å². The van der Waals surface area contributed by atoms with Crippen LogP contribution in [0.1, 0.15) is 38.0 Å². The number of benzene rings is 1. The average molecular weight is 260 g/mol. The van der Waals surface area contributed by atoms with Crippen LogP contribution in [0.2, 0.25) is 0 Å². The topological polar surface area (TPSA) is 39.4 Å². The highest BCUT2D eigenvalue weighted by molar-refractivity contribution is 5.86. The van der Waals surface area contributed by atoms with Gasteiger partial charge in [-0.3, -0.25) is 4.79 Å². The van der Waals surface area contributed by atoms with Crippen molar-refractivity contribution in [2.45, 2.75) is 33.6 Å². The fraction of sp³-hybridized carbons (Fsp3) is 0.438. The Morgan fingerprint density at radius 2 is 1.89 bits per heavy atom. The number of methoxy groups -OCH3 is 1. The van der Waals surface area contributed by atoms with Gasteiger partial charge in [-0.2, -0.15) is 0 Å². The van der Waals surface area contributed by atoms with Gasteiger partial charge in [-0.25, -0.2) is 0 Å². The number of aryl methyl sites for hydroxylation is 1. The van der Waals surface area contributed by atoms with Crippen molar-refractivity contribution in [1.29, 1.82) is 0 Å². The summed E-state index contributed by atoms with van der Waals surface area (Å²) in [5.74, 6) is 0.0557. The first-order valence-electron chi connectivity index (χ1n) is 6.42. The highest BCUT2D eigenvalue weighted by Gasteiger charge is 2.37. The van der Waals surface area contributed by atoms with Crippen LogP contribution in [-0.4, -0.2) is 13.1 Å². The summed E-state index contributed by atoms with van der Waals surface area (Å²) in [5.41, 5.74) is 1.57. The van der Waals surface area contributed by atoms with E-state index >= 15 is 0 Å². The Morgan fingerprint density at radius 1 is 1.26 bits per heavy atom. The number of furan rings is 1. The van der Waals surface area contributed by atoms with Gasteiger partial charge in [-0.1, -0.05) is 39.0 Å². The van der Waals surface area contributed by atoms with Crippen molar-refractivity contribution < 1.29 is 13.9 Å². The fourth-order valence-corrected chi connectivity index (χ4v) is 2.44. The van der Waals surface area contributed by atoms with Crippen molar-refractivity contribution in [1.82, 2.24) is 0 Å². The van der Waals surface area contributed by atoms with Gasteiger partial charge in [0.15, 0.2) is 0 Å². The first-order chi connectivity index (χ1) is 8.86. The molecule has 0 saturated carbocycles. The number of para-hydroxylation sites is 1. The number of carbonyl (C=O) groups is 1. The van der Waals surface area contributed by atoms with Gasteiger partial charge in [0.25, 0.3) is 0 Å². The zero-order chi connectivity index (χ0) is 14.2. The van der Waals surface area contributed by atoms with Gasteiger partial charge >= 0.3 is 5.97 Å². The molecule has 0 aliphatic carbocycles. The van der Waals surface area contributed by atoms with Crippen LogP contribution < -0.4 is 0 Å². The lowest BCUT2D eigenvalue weighted by Crippen LogP contribution is -2.27. The van der Waals surface area contributed by atoms with Crippen LogP contribution in [0.4, 0.5) is 0 Å². The molecule has 0 aliphatic heterocycles. The van der Waals surface area contributed by atoms with Gasteiger partial charge in [0.2, 0.25) is 0 Å². The SMILES string of the molecule is COC(=O)C(c1oc2ccccc2c1C)C(C)(C)C. The number of fused-ring (bicyclic) bond motifs is 1. The summed E-state index contributed by atoms with van der Waals surface area (Å²) in [4.78, 5) is 12.1. The molecule has 1 aromatic heterocycles. The maximum Gasteiger partial charge on any atom is 0.316 e. The summed E-state index contributed by atoms with van der Waals surface area (Å²) in [6, 6.07) is 7.83. The Kier molecular flexibility index (Phi) is 3.40. The van der Waals surface area contributed by atoms with Crippen LogP contribution in [-0.2, 0) is 9.53 Å². The number of hydrogen-bond acceptors (Lipinski definition) is 3. The number of ether oxygens (including phenoxy) is 1. The van der Waals surface area contributed by atoms with Crippen molar-refractivity contribution in [2.24, 2.45) is 5.41 Å². The normalized spacial score (nSPS) is 13.5. The van der Waals surface area contributed by atoms with Gasteiger partial charge in [0.05, 0.1) is 7.11 Å². The van der Waals surface area contributed by atoms with Crippen molar-refractivity contribution in [3.63, 3.8) is 0 Å². The summed E-state index contributed by atoms with van der Waals surface area (Å²) >= 11 is 0. The lowest BCUT2D eigenvalue weighted by atomic mass is 9.78. The lowest BCUT2D eigenvalue weighted by Gasteiger charge is -2.27. The molecule has 0 amide bonds. The molecule has 1 atom stereocenters. The predicted molar refractivity (Wildman–Crippen MR) is 75.2 cm³/mol. The molecule has 0 spiro atoms. The standard InChI is InChI=1S/C16H20O3/c1-10-11-8-6-7-9-12(11)19-14(10)13(15(17)18-5)16(2,3)4/h6-9,13H,1-5H3. The van der Waals surface area contributed by atoms with Crippen molar-refractivity contribution >= 4 is 16.9 Å². The molecule has 2 aromatic rings. The molecule has 102 valence electrons. The van der Waals surface area contributed by atoms with E-state index in [-0.39, 0.29) is 11.4 Å². The van der Waals surface area contributed by atoms with Crippen LogP contribution in [0.5, 0.6) is 0 Å². The Labute approximate surface area is 113 Å². The highest BCUT2D eigenvalue weighted by Crippen LogP contribution is 2.40. The van der Waals surface area contributed by atoms with Crippen molar-refractivity contribution in [3.8, 4) is 0 Å². The van der Waals surface area contributed by atoms with E-state index in [9.17, 15) is 4.79 Å². The average Bonchev–Trinajstić information content (AvgIpc) is 2.66. The van der Waals surface area contributed by atoms with Gasteiger partial charge < -0.3 is 9.15 Å². The summed E-state index contributed by atoms with van der Waals surface area (Å²) in [5, 5.41) is 1.05. The van der Waals surface area contributed by atoms with Crippen LogP contribution in [0.15, 0.2) is 28.7 Å². The molecule has 3 heteroatoms. The second-order valence-corrected chi connectivity index (χ2v) is 5.91. The maximum absolute atomic E-state index is 12.1. The molecular weight excluding hydrogens is 240 g/mol. The fourth-order valence-electron chi connectivity index (χ4n) is 2.44. The minimum Gasteiger partial charge on any atom is -0.468 e. The van der Waals surface area contributed by atoms with Crippen molar-refractivity contribution in [3.05, 3.63) is 35.6 Å². The number of esters is 1. The Balaban J connectivity index is 2.63. The summed E-state index contributed by atoms with van der Waals surface area (Å²) in [6.07, 6.45) is 0. The van der Waals surface area contributed by atoms with E-state index in [1.807, 2.05) is 52.0 Å². The molecule has 0 N–H and O–H groups in total. The minimum atomic E-state index is -0.398. The molecular formula is C16H20O3. The zero-order valence-corrected chi connectivity index (χ0v) is 12.1. The van der Waals surface area contributed by atoms with E-state index < -0.39 is 5.92 Å². The van der Waals surface area contributed by atoms with Crippen LogP contribution >= 0.6 is 0 Å². The lowest BCUT2D eigenvalue weighted by molar-refractivity contribution is -0.145. The number of carbonyl (C=O) groups excluding carboxylic acids is 1. The molecule has 0 radical (unpaired) electrons. The first-order valence-corrected chi connectivity index (χ1v) is 6.42. The molecule has 0 saturated heterocycles. The third kappa shape index (κ3) is 2.37. The second-order valence-electron chi connectivity index (χ2n) is 5.91. The zero-order valence-electron chi connectivity index (χ0n) is 12.1. The summed E-state index contributed by atoms with van der Waals surface area (Å²) < 4.78 is 10.9. The van der Waals surface area contributed by atoms with E-state index in [4.69, 9.17) is 9.15 Å². The Bertz CT molecular complexity index is 602. The van der Waals surface area contributed by atoms with E-state index in [1.54, 1.807) is 0 Å². The van der Waals surface area contributed by atoms with Gasteiger partial charge in [-0.05, 0) is 24.0 Å². The molecule has 2 rings (SSSR count). The second kappa shape index (κ2) is 4.72. The van der Waals surface area contributed by atoms with Gasteiger partial charge in [0.1, 0.15) is 17.3 Å². The van der Waals surface area contributed by atoms with E-state index in [2.05, 4.69) is 0 Å². The largest absolute Gasteiger partial charge is 0.468 e. The summed E-state index contributed by atoms with van der Waals surface area (Å²) in [7, 11) is 1.42. The molecule has 1 heterocycles. The van der Waals surface area contributed by atoms with E-state index in [0.717, 1.165) is 16.5 Å². The van der Waals surface area contributed by atoms with Crippen LogP contribution in [0, 0.1) is 12.3 Å². The molecule has 0 aliphatic rings. The molecule has 0 fully saturated rings. The Hall–Kier alpha value is -1.77. The van der Waals surface area contributed by atoms with Gasteiger partial charge in [0, 0.05) is 5.39 Å². The third-order valence-corrected chi connectivity index (χ3v) is 3.45. The van der Waals surface area contributed by atoms with Crippen LogP contribution in [0.25, 0.3) is 11.0 Å². The quantitative estimate of drug-likeness (QED) is 0.765. The number of hydrogen-bond donors (Lipinski definition) is 0. The highest BCUT2D eigenvalue weighted by atomic mass is 16.5. The minimum absolute atomic E-state index is 0.255. The Morgan fingerprint density at radius 3 is 2.42 bits per heavy atom. The summed E-state index contributed by atoms with van der Waals surface area (Å²) in [6.45, 7) is 8.03. The maximum atomic E-state index is 12.1. The third-order valence-electron chi connectivity index (χ3n) is 3.45. The van der Waals surface area contributed by atoms with E-state index in [1.165, 1.54) is 7.11 Å². The molecule has 1 unspecified atom stereocenters. The monoisotopic (exact) mass is 260 g/mol.